The molecule has 0 unspecified atom stereocenters. The van der Waals surface area contributed by atoms with E-state index in [1.54, 1.807) is 85.2 Å². The Morgan fingerprint density at radius 3 is 1.46 bits per heavy atom. The van der Waals surface area contributed by atoms with Crippen LogP contribution in [0, 0.1) is 22.7 Å². The lowest BCUT2D eigenvalue weighted by molar-refractivity contribution is 0.0943. The molecule has 0 atom stereocenters. The summed E-state index contributed by atoms with van der Waals surface area (Å²) in [6, 6.07) is 24.1. The average Bonchev–Trinajstić information content (AvgIpc) is 3.79. The molecule has 0 aliphatic rings. The summed E-state index contributed by atoms with van der Waals surface area (Å²) in [6.45, 7) is 3.86. The number of carbonyl (C=O) groups is 2. The van der Waals surface area contributed by atoms with Crippen LogP contribution in [0.15, 0.2) is 107 Å². The van der Waals surface area contributed by atoms with Gasteiger partial charge in [-0.15, -0.1) is 0 Å². The molecule has 0 saturated heterocycles. The fraction of sp³-hybridized carbons (Fsp3) is 0.179. The molecule has 4 N–H and O–H groups in total. The molecular weight excluding hydrogens is 687 g/mol. The molecule has 54 heavy (non-hydrogen) atoms. The van der Waals surface area contributed by atoms with E-state index in [0.717, 1.165) is 13.0 Å². The number of carbonyl (C=O) groups excluding carboxylic acids is 2. The first kappa shape index (κ1) is 37.9. The number of nitriles is 2. The highest BCUT2D eigenvalue weighted by atomic mass is 16.2. The van der Waals surface area contributed by atoms with Gasteiger partial charge < -0.3 is 15.5 Å². The number of pyridine rings is 2. The summed E-state index contributed by atoms with van der Waals surface area (Å²) in [5.74, 6) is 0.373. The monoisotopic (exact) mass is 723 g/mol. The first-order chi connectivity index (χ1) is 26.1. The molecule has 6 rings (SSSR count). The van der Waals surface area contributed by atoms with Crippen LogP contribution in [0.5, 0.6) is 0 Å². The predicted octanol–water partition coefficient (Wildman–Crippen LogP) is 3.63. The third kappa shape index (κ3) is 9.10. The topological polar surface area (TPSA) is 210 Å². The van der Waals surface area contributed by atoms with Crippen LogP contribution in [0.3, 0.4) is 0 Å². The Balaban J connectivity index is 0.000000208. The molecule has 15 heteroatoms. The highest BCUT2D eigenvalue weighted by molar-refractivity contribution is 5.94. The van der Waals surface area contributed by atoms with Crippen LogP contribution >= 0.6 is 0 Å². The number of likely N-dealkylation sites (N-methyl/N-ethyl adjacent to an activating group) is 1. The first-order valence-electron chi connectivity index (χ1n) is 16.9. The van der Waals surface area contributed by atoms with E-state index in [1.807, 2.05) is 38.1 Å². The Hall–Kier alpha value is -7.36. The maximum absolute atomic E-state index is 12.7. The lowest BCUT2D eigenvalue weighted by Crippen LogP contribution is -2.31. The van der Waals surface area contributed by atoms with E-state index < -0.39 is 0 Å². The number of H-pyrrole nitrogens is 2. The van der Waals surface area contributed by atoms with Gasteiger partial charge in [-0.2, -0.15) is 10.5 Å². The average molecular weight is 724 g/mol. The molecule has 272 valence electrons. The second-order valence-corrected chi connectivity index (χ2v) is 12.2. The number of aromatic nitrogens is 6. The number of nitrogens with one attached hydrogen (secondary N) is 4. The minimum Gasteiger partial charge on any atom is -0.352 e. The molecule has 6 aromatic rings. The van der Waals surface area contributed by atoms with Crippen molar-refractivity contribution in [2.24, 2.45) is 0 Å². The SMILES string of the molecule is CCCNC(=O)c1ccc(-n2[nH]cc(-c3ccc(C#N)cc3)c2=O)nc1.CN(C)CCNC(=O)c1ccc(-n2[nH]cc(-c3ccc(C#N)cc3)c2=O)nc1. The van der Waals surface area contributed by atoms with Gasteiger partial charge in [0.2, 0.25) is 0 Å². The van der Waals surface area contributed by atoms with Gasteiger partial charge in [0, 0.05) is 44.4 Å². The van der Waals surface area contributed by atoms with Crippen molar-refractivity contribution in [3.05, 3.63) is 141 Å². The van der Waals surface area contributed by atoms with Crippen molar-refractivity contribution in [2.45, 2.75) is 13.3 Å². The van der Waals surface area contributed by atoms with Crippen LogP contribution in [0.2, 0.25) is 0 Å². The number of rotatable bonds is 11. The molecular formula is C39H37N11O4. The summed E-state index contributed by atoms with van der Waals surface area (Å²) in [6.07, 6.45) is 6.91. The molecule has 15 nitrogen and oxygen atoms in total. The van der Waals surface area contributed by atoms with Gasteiger partial charge in [-0.25, -0.2) is 19.3 Å². The Labute approximate surface area is 310 Å². The van der Waals surface area contributed by atoms with Crippen LogP contribution in [-0.2, 0) is 0 Å². The van der Waals surface area contributed by atoms with Crippen LogP contribution < -0.4 is 21.8 Å². The molecule has 0 aliphatic heterocycles. The number of benzene rings is 2. The second kappa shape index (κ2) is 17.7. The minimum absolute atomic E-state index is 0.192. The first-order valence-corrected chi connectivity index (χ1v) is 16.9. The quantitative estimate of drug-likeness (QED) is 0.154. The van der Waals surface area contributed by atoms with E-state index in [-0.39, 0.29) is 22.9 Å². The highest BCUT2D eigenvalue weighted by Gasteiger charge is 2.14. The Kier molecular flexibility index (Phi) is 12.4. The van der Waals surface area contributed by atoms with E-state index in [9.17, 15) is 19.2 Å². The lowest BCUT2D eigenvalue weighted by Gasteiger charge is -2.10. The minimum atomic E-state index is -0.264. The van der Waals surface area contributed by atoms with Crippen LogP contribution in [0.25, 0.3) is 33.9 Å². The molecule has 4 aromatic heterocycles. The van der Waals surface area contributed by atoms with Crippen molar-refractivity contribution in [1.29, 1.82) is 10.5 Å². The predicted molar refractivity (Wildman–Crippen MR) is 202 cm³/mol. The molecule has 0 saturated carbocycles. The second-order valence-electron chi connectivity index (χ2n) is 12.2. The summed E-state index contributed by atoms with van der Waals surface area (Å²) in [4.78, 5) is 59.7. The Bertz CT molecular complexity index is 2410. The largest absolute Gasteiger partial charge is 0.352 e. The maximum Gasteiger partial charge on any atom is 0.280 e. The normalized spacial score (nSPS) is 10.5. The summed E-state index contributed by atoms with van der Waals surface area (Å²) >= 11 is 0. The number of hydrogen-bond acceptors (Lipinski definition) is 9. The molecule has 4 heterocycles. The van der Waals surface area contributed by atoms with Crippen LogP contribution in [0.1, 0.15) is 45.2 Å². The fourth-order valence-corrected chi connectivity index (χ4v) is 5.08. The van der Waals surface area contributed by atoms with E-state index >= 15 is 0 Å². The van der Waals surface area contributed by atoms with Crippen LogP contribution in [-0.4, -0.2) is 80.0 Å². The van der Waals surface area contributed by atoms with Crippen LogP contribution in [0.4, 0.5) is 0 Å². The van der Waals surface area contributed by atoms with Crippen molar-refractivity contribution in [1.82, 2.24) is 45.1 Å². The van der Waals surface area contributed by atoms with Gasteiger partial charge in [0.1, 0.15) is 0 Å². The third-order valence-corrected chi connectivity index (χ3v) is 8.05. The summed E-state index contributed by atoms with van der Waals surface area (Å²) < 4.78 is 2.61. The number of hydrogen-bond donors (Lipinski definition) is 4. The van der Waals surface area contributed by atoms with Gasteiger partial charge in [0.05, 0.1) is 45.5 Å². The molecule has 0 fully saturated rings. The van der Waals surface area contributed by atoms with Gasteiger partial charge in [-0.3, -0.25) is 29.4 Å². The van der Waals surface area contributed by atoms with Crippen molar-refractivity contribution in [3.63, 3.8) is 0 Å². The van der Waals surface area contributed by atoms with Crippen molar-refractivity contribution < 1.29 is 9.59 Å². The van der Waals surface area contributed by atoms with Gasteiger partial charge in [-0.05, 0) is 80.2 Å². The zero-order valence-corrected chi connectivity index (χ0v) is 29.8. The number of amides is 2. The summed E-state index contributed by atoms with van der Waals surface area (Å²) in [5.41, 5.74) is 3.76. The van der Waals surface area contributed by atoms with Gasteiger partial charge in [0.25, 0.3) is 22.9 Å². The zero-order valence-electron chi connectivity index (χ0n) is 29.8. The molecule has 0 spiro atoms. The van der Waals surface area contributed by atoms with Gasteiger partial charge in [0.15, 0.2) is 11.6 Å². The van der Waals surface area contributed by atoms with Crippen molar-refractivity contribution in [3.8, 4) is 46.0 Å². The summed E-state index contributed by atoms with van der Waals surface area (Å²) in [5, 5.41) is 29.1. The standard InChI is InChI=1S/C20H20N6O2.C19H17N5O2/c1-25(2)10-9-22-19(27)16-7-8-18(23-12-16)26-20(28)17(13-24-26)15-5-3-14(11-21)4-6-15;1-2-9-21-18(25)15-7-8-17(22-11-15)24-19(26)16(12-23-24)14-5-3-13(10-20)4-6-14/h3-8,12-13,24H,9-10H2,1-2H3,(H,22,27);3-8,11-12,23H,2,9H2,1H3,(H,21,25). The number of aromatic amines is 2. The zero-order chi connectivity index (χ0) is 38.6. The van der Waals surface area contributed by atoms with E-state index in [1.165, 1.54) is 21.8 Å². The maximum atomic E-state index is 12.7. The lowest BCUT2D eigenvalue weighted by atomic mass is 10.1. The number of nitrogens with zero attached hydrogens (tertiary/aromatic N) is 7. The molecule has 2 amide bonds. The highest BCUT2D eigenvalue weighted by Crippen LogP contribution is 2.18. The van der Waals surface area contributed by atoms with Gasteiger partial charge in [-0.1, -0.05) is 31.2 Å². The molecule has 0 radical (unpaired) electrons. The summed E-state index contributed by atoms with van der Waals surface area (Å²) in [7, 11) is 3.87. The fourth-order valence-electron chi connectivity index (χ4n) is 5.08. The Morgan fingerprint density at radius 2 is 1.11 bits per heavy atom. The van der Waals surface area contributed by atoms with E-state index in [4.69, 9.17) is 10.5 Å². The van der Waals surface area contributed by atoms with E-state index in [2.05, 4.69) is 30.8 Å². The smallest absolute Gasteiger partial charge is 0.280 e. The third-order valence-electron chi connectivity index (χ3n) is 8.05. The van der Waals surface area contributed by atoms with Crippen molar-refractivity contribution >= 4 is 11.8 Å². The van der Waals surface area contributed by atoms with E-state index in [0.29, 0.717) is 69.2 Å². The van der Waals surface area contributed by atoms with Crippen molar-refractivity contribution in [2.75, 3.05) is 33.7 Å². The van der Waals surface area contributed by atoms with Gasteiger partial charge >= 0.3 is 0 Å². The molecule has 0 aliphatic carbocycles. The molecule has 0 bridgehead atoms. The molecule has 2 aromatic carbocycles. The Morgan fingerprint density at radius 1 is 0.685 bits per heavy atom.